The van der Waals surface area contributed by atoms with Gasteiger partial charge in [0.2, 0.25) is 5.13 Å². The lowest BCUT2D eigenvalue weighted by atomic mass is 10.0. The standard InChI is InChI=1S/C22H14BrN3O2S/c23-18-12-10-17(11-13-18)21-25-26-22(29-21)24-20(28)16-8-6-15(7-9-16)19(27)14-4-2-1-3-5-14/h1-13H,(H,24,26,28). The Kier molecular flexibility index (Phi) is 5.59. The van der Waals surface area contributed by atoms with Crippen LogP contribution >= 0.6 is 27.3 Å². The predicted molar refractivity (Wildman–Crippen MR) is 117 cm³/mol. The van der Waals surface area contributed by atoms with Crippen molar-refractivity contribution in [3.8, 4) is 10.6 Å². The number of benzene rings is 3. The third-order valence-electron chi connectivity index (χ3n) is 4.18. The monoisotopic (exact) mass is 463 g/mol. The molecule has 5 nitrogen and oxygen atoms in total. The minimum atomic E-state index is -0.304. The predicted octanol–water partition coefficient (Wildman–Crippen LogP) is 5.45. The van der Waals surface area contributed by atoms with Gasteiger partial charge in [-0.05, 0) is 24.3 Å². The molecule has 0 aliphatic rings. The fourth-order valence-corrected chi connectivity index (χ4v) is 3.69. The van der Waals surface area contributed by atoms with Crippen LogP contribution in [0.2, 0.25) is 0 Å². The van der Waals surface area contributed by atoms with E-state index in [0.29, 0.717) is 21.8 Å². The molecule has 0 spiro atoms. The molecule has 7 heteroatoms. The van der Waals surface area contributed by atoms with Gasteiger partial charge >= 0.3 is 0 Å². The number of anilines is 1. The average molecular weight is 464 g/mol. The highest BCUT2D eigenvalue weighted by Crippen LogP contribution is 2.27. The van der Waals surface area contributed by atoms with Crippen LogP contribution < -0.4 is 5.32 Å². The average Bonchev–Trinajstić information content (AvgIpc) is 3.23. The molecule has 0 aliphatic heterocycles. The number of nitrogens with zero attached hydrogens (tertiary/aromatic N) is 2. The van der Waals surface area contributed by atoms with Crippen molar-refractivity contribution in [2.75, 3.05) is 5.32 Å². The quantitative estimate of drug-likeness (QED) is 0.399. The first kappa shape index (κ1) is 19.2. The number of aromatic nitrogens is 2. The Labute approximate surface area is 179 Å². The van der Waals surface area contributed by atoms with Gasteiger partial charge in [-0.3, -0.25) is 14.9 Å². The van der Waals surface area contributed by atoms with Crippen molar-refractivity contribution in [1.29, 1.82) is 0 Å². The van der Waals surface area contributed by atoms with E-state index in [9.17, 15) is 9.59 Å². The maximum atomic E-state index is 12.5. The van der Waals surface area contributed by atoms with Crippen molar-refractivity contribution in [3.63, 3.8) is 0 Å². The Morgan fingerprint density at radius 1 is 0.759 bits per heavy atom. The summed E-state index contributed by atoms with van der Waals surface area (Å²) in [6.07, 6.45) is 0. The molecular formula is C22H14BrN3O2S. The maximum Gasteiger partial charge on any atom is 0.257 e. The van der Waals surface area contributed by atoms with Gasteiger partial charge in [-0.1, -0.05) is 81.9 Å². The summed E-state index contributed by atoms with van der Waals surface area (Å²) >= 11 is 4.69. The van der Waals surface area contributed by atoms with Gasteiger partial charge in [0.1, 0.15) is 5.01 Å². The van der Waals surface area contributed by atoms with E-state index in [2.05, 4.69) is 31.4 Å². The lowest BCUT2D eigenvalue weighted by Gasteiger charge is -2.04. The molecule has 1 heterocycles. The van der Waals surface area contributed by atoms with Crippen LogP contribution in [0.15, 0.2) is 83.3 Å². The number of hydrogen-bond donors (Lipinski definition) is 1. The number of halogens is 1. The highest BCUT2D eigenvalue weighted by molar-refractivity contribution is 9.10. The van der Waals surface area contributed by atoms with Crippen molar-refractivity contribution in [3.05, 3.63) is 100 Å². The van der Waals surface area contributed by atoms with Crippen molar-refractivity contribution in [1.82, 2.24) is 10.2 Å². The summed E-state index contributed by atoms with van der Waals surface area (Å²) in [5.41, 5.74) is 2.50. The van der Waals surface area contributed by atoms with Crippen LogP contribution in [-0.2, 0) is 0 Å². The summed E-state index contributed by atoms with van der Waals surface area (Å²) in [5, 5.41) is 12.0. The van der Waals surface area contributed by atoms with Crippen LogP contribution in [0.4, 0.5) is 5.13 Å². The fraction of sp³-hybridized carbons (Fsp3) is 0. The van der Waals surface area contributed by atoms with Gasteiger partial charge < -0.3 is 0 Å². The Morgan fingerprint density at radius 2 is 1.38 bits per heavy atom. The largest absolute Gasteiger partial charge is 0.296 e. The third kappa shape index (κ3) is 4.47. The first-order chi connectivity index (χ1) is 14.1. The van der Waals surface area contributed by atoms with Gasteiger partial charge in [-0.2, -0.15) is 0 Å². The normalized spacial score (nSPS) is 10.5. The molecule has 0 atom stereocenters. The van der Waals surface area contributed by atoms with Crippen LogP contribution in [-0.4, -0.2) is 21.9 Å². The topological polar surface area (TPSA) is 72.0 Å². The van der Waals surface area contributed by atoms with Crippen molar-refractivity contribution in [2.24, 2.45) is 0 Å². The molecule has 142 valence electrons. The molecular weight excluding hydrogens is 450 g/mol. The molecule has 0 saturated heterocycles. The minimum Gasteiger partial charge on any atom is -0.296 e. The minimum absolute atomic E-state index is 0.0826. The summed E-state index contributed by atoms with van der Waals surface area (Å²) in [6, 6.07) is 23.3. The van der Waals surface area contributed by atoms with E-state index in [1.807, 2.05) is 42.5 Å². The van der Waals surface area contributed by atoms with Crippen molar-refractivity contribution in [2.45, 2.75) is 0 Å². The number of rotatable bonds is 5. The van der Waals surface area contributed by atoms with E-state index < -0.39 is 0 Å². The van der Waals surface area contributed by atoms with Crippen molar-refractivity contribution >= 4 is 44.1 Å². The Morgan fingerprint density at radius 3 is 2.07 bits per heavy atom. The zero-order chi connectivity index (χ0) is 20.2. The van der Waals surface area contributed by atoms with Gasteiger partial charge in [0.25, 0.3) is 5.91 Å². The molecule has 0 radical (unpaired) electrons. The number of hydrogen-bond acceptors (Lipinski definition) is 5. The smallest absolute Gasteiger partial charge is 0.257 e. The Hall–Kier alpha value is -3.16. The maximum absolute atomic E-state index is 12.5. The lowest BCUT2D eigenvalue weighted by Crippen LogP contribution is -2.12. The summed E-state index contributed by atoms with van der Waals surface area (Å²) in [6.45, 7) is 0. The van der Waals surface area contributed by atoms with Crippen LogP contribution in [0.3, 0.4) is 0 Å². The zero-order valence-electron chi connectivity index (χ0n) is 15.0. The van der Waals surface area contributed by atoms with E-state index in [0.717, 1.165) is 15.0 Å². The van der Waals surface area contributed by atoms with E-state index in [1.54, 1.807) is 36.4 Å². The van der Waals surface area contributed by atoms with E-state index >= 15 is 0 Å². The highest BCUT2D eigenvalue weighted by atomic mass is 79.9. The summed E-state index contributed by atoms with van der Waals surface area (Å²) in [7, 11) is 0. The SMILES string of the molecule is O=C(Nc1nnc(-c2ccc(Br)cc2)s1)c1ccc(C(=O)c2ccccc2)cc1. The van der Waals surface area contributed by atoms with Gasteiger partial charge in [0.05, 0.1) is 0 Å². The molecule has 1 aromatic heterocycles. The van der Waals surface area contributed by atoms with Crippen LogP contribution in [0.25, 0.3) is 10.6 Å². The first-order valence-corrected chi connectivity index (χ1v) is 10.3. The molecule has 4 aromatic rings. The van der Waals surface area contributed by atoms with Crippen LogP contribution in [0.1, 0.15) is 26.3 Å². The summed E-state index contributed by atoms with van der Waals surface area (Å²) in [5.74, 6) is -0.386. The molecule has 0 unspecified atom stereocenters. The van der Waals surface area contributed by atoms with Crippen molar-refractivity contribution < 1.29 is 9.59 Å². The second-order valence-corrected chi connectivity index (χ2v) is 8.04. The number of carbonyl (C=O) groups excluding carboxylic acids is 2. The molecule has 0 bridgehead atoms. The van der Waals surface area contributed by atoms with Gasteiger partial charge in [0.15, 0.2) is 5.78 Å². The third-order valence-corrected chi connectivity index (χ3v) is 5.60. The molecule has 0 aliphatic carbocycles. The molecule has 1 amide bonds. The number of carbonyl (C=O) groups is 2. The molecule has 0 saturated carbocycles. The van der Waals surface area contributed by atoms with E-state index in [-0.39, 0.29) is 11.7 Å². The lowest BCUT2D eigenvalue weighted by molar-refractivity contribution is 0.102. The van der Waals surface area contributed by atoms with Crippen LogP contribution in [0, 0.1) is 0 Å². The Balaban J connectivity index is 1.45. The fourth-order valence-electron chi connectivity index (χ4n) is 2.68. The molecule has 0 fully saturated rings. The molecule has 4 rings (SSSR count). The second-order valence-electron chi connectivity index (χ2n) is 6.15. The second kappa shape index (κ2) is 8.46. The zero-order valence-corrected chi connectivity index (χ0v) is 17.4. The van der Waals surface area contributed by atoms with Crippen LogP contribution in [0.5, 0.6) is 0 Å². The number of amides is 1. The number of nitrogens with one attached hydrogen (secondary N) is 1. The first-order valence-electron chi connectivity index (χ1n) is 8.71. The van der Waals surface area contributed by atoms with Gasteiger partial charge in [-0.25, -0.2) is 0 Å². The molecule has 1 N–H and O–H groups in total. The number of ketones is 1. The van der Waals surface area contributed by atoms with Gasteiger partial charge in [-0.15, -0.1) is 10.2 Å². The Bertz CT molecular complexity index is 1160. The highest BCUT2D eigenvalue weighted by Gasteiger charge is 2.13. The summed E-state index contributed by atoms with van der Waals surface area (Å²) in [4.78, 5) is 24.9. The van der Waals surface area contributed by atoms with Gasteiger partial charge in [0, 0.05) is 26.7 Å². The molecule has 3 aromatic carbocycles. The van der Waals surface area contributed by atoms with E-state index in [1.165, 1.54) is 11.3 Å². The summed E-state index contributed by atoms with van der Waals surface area (Å²) < 4.78 is 0.980. The van der Waals surface area contributed by atoms with E-state index in [4.69, 9.17) is 0 Å². The molecule has 29 heavy (non-hydrogen) atoms.